The number of nitrogen functional groups attached to an aromatic ring is 2. The Labute approximate surface area is 123 Å². The van der Waals surface area contributed by atoms with E-state index in [0.717, 1.165) is 14.9 Å². The molecule has 5 N–H and O–H groups in total. The van der Waals surface area contributed by atoms with Gasteiger partial charge in [0.2, 0.25) is 0 Å². The van der Waals surface area contributed by atoms with Gasteiger partial charge in [0, 0.05) is 15.4 Å². The third-order valence-electron chi connectivity index (χ3n) is 2.38. The van der Waals surface area contributed by atoms with Crippen LogP contribution in [0.25, 0.3) is 0 Å². The number of aliphatic hydroxyl groups is 1. The molecule has 2 rings (SSSR count). The van der Waals surface area contributed by atoms with Crippen LogP contribution >= 0.6 is 27.7 Å². The normalized spacial score (nSPS) is 12.4. The number of hydrogen-bond acceptors (Lipinski definition) is 6. The van der Waals surface area contributed by atoms with Crippen LogP contribution < -0.4 is 11.5 Å². The predicted octanol–water partition coefficient (Wildman–Crippen LogP) is 2.61. The van der Waals surface area contributed by atoms with E-state index in [0.29, 0.717) is 16.8 Å². The van der Waals surface area contributed by atoms with Crippen molar-refractivity contribution in [2.45, 2.75) is 23.1 Å². The van der Waals surface area contributed by atoms with E-state index >= 15 is 0 Å². The van der Waals surface area contributed by atoms with Gasteiger partial charge in [-0.05, 0) is 52.3 Å². The van der Waals surface area contributed by atoms with Crippen molar-refractivity contribution >= 4 is 39.3 Å². The molecule has 1 heterocycles. The van der Waals surface area contributed by atoms with Gasteiger partial charge in [-0.15, -0.1) is 0 Å². The van der Waals surface area contributed by atoms with Gasteiger partial charge in [0.15, 0.2) is 5.16 Å². The maximum absolute atomic E-state index is 9.52. The van der Waals surface area contributed by atoms with Crippen molar-refractivity contribution in [3.8, 4) is 0 Å². The van der Waals surface area contributed by atoms with Crippen LogP contribution in [0.5, 0.6) is 0 Å². The Balaban J connectivity index is 2.28. The molecular formula is C12H13BrN4OS. The topological polar surface area (TPSA) is 98.0 Å². The van der Waals surface area contributed by atoms with Crippen LogP contribution in [0.2, 0.25) is 0 Å². The van der Waals surface area contributed by atoms with Crippen molar-refractivity contribution < 1.29 is 5.11 Å². The summed E-state index contributed by atoms with van der Waals surface area (Å²) in [5.41, 5.74) is 12.1. The van der Waals surface area contributed by atoms with Gasteiger partial charge in [0.1, 0.15) is 11.6 Å². The molecule has 1 aromatic carbocycles. The average molecular weight is 341 g/mol. The number of rotatable bonds is 3. The molecule has 2 aromatic rings. The highest BCUT2D eigenvalue weighted by molar-refractivity contribution is 9.10. The smallest absolute Gasteiger partial charge is 0.196 e. The Kier molecular flexibility index (Phi) is 4.28. The average Bonchev–Trinajstić information content (AvgIpc) is 2.30. The molecule has 0 unspecified atom stereocenters. The van der Waals surface area contributed by atoms with Crippen LogP contribution in [-0.2, 0) is 0 Å². The molecule has 100 valence electrons. The standard InChI is InChI=1S/C12H13BrN4OS/c1-6(18)7-2-3-9(8(13)4-7)19-12-16-10(14)5-11(15)17-12/h2-6,18H,1H3,(H4,14,15,16,17)/t6-/m1/s1. The maximum atomic E-state index is 9.52. The number of halogens is 1. The molecule has 0 saturated heterocycles. The molecule has 5 nitrogen and oxygen atoms in total. The molecular weight excluding hydrogens is 328 g/mol. The minimum Gasteiger partial charge on any atom is -0.389 e. The minimum atomic E-state index is -0.505. The third-order valence-corrected chi connectivity index (χ3v) is 4.24. The molecule has 0 saturated carbocycles. The quantitative estimate of drug-likeness (QED) is 0.743. The molecule has 0 bridgehead atoms. The number of aromatic nitrogens is 2. The zero-order valence-corrected chi connectivity index (χ0v) is 12.6. The summed E-state index contributed by atoms with van der Waals surface area (Å²) < 4.78 is 0.862. The van der Waals surface area contributed by atoms with E-state index in [1.54, 1.807) is 6.92 Å². The van der Waals surface area contributed by atoms with E-state index < -0.39 is 6.10 Å². The van der Waals surface area contributed by atoms with E-state index in [1.807, 2.05) is 18.2 Å². The first-order valence-corrected chi connectivity index (χ1v) is 7.12. The van der Waals surface area contributed by atoms with Crippen molar-refractivity contribution in [2.75, 3.05) is 11.5 Å². The lowest BCUT2D eigenvalue weighted by Gasteiger charge is -2.08. The molecule has 0 aliphatic heterocycles. The number of nitrogens with zero attached hydrogens (tertiary/aromatic N) is 2. The van der Waals surface area contributed by atoms with Crippen LogP contribution in [0, 0.1) is 0 Å². The molecule has 0 radical (unpaired) electrons. The summed E-state index contributed by atoms with van der Waals surface area (Å²) in [4.78, 5) is 9.14. The minimum absolute atomic E-state index is 0.340. The van der Waals surface area contributed by atoms with E-state index in [4.69, 9.17) is 11.5 Å². The van der Waals surface area contributed by atoms with Crippen LogP contribution in [0.15, 0.2) is 38.8 Å². The monoisotopic (exact) mass is 340 g/mol. The lowest BCUT2D eigenvalue weighted by molar-refractivity contribution is 0.199. The molecule has 0 aliphatic carbocycles. The molecule has 0 spiro atoms. The Morgan fingerprint density at radius 3 is 2.37 bits per heavy atom. The highest BCUT2D eigenvalue weighted by Gasteiger charge is 2.09. The van der Waals surface area contributed by atoms with E-state index in [9.17, 15) is 5.11 Å². The fourth-order valence-corrected chi connectivity index (χ4v) is 2.90. The van der Waals surface area contributed by atoms with Crippen molar-refractivity contribution in [2.24, 2.45) is 0 Å². The summed E-state index contributed by atoms with van der Waals surface area (Å²) in [5.74, 6) is 0.679. The second-order valence-corrected chi connectivity index (χ2v) is 5.83. The zero-order chi connectivity index (χ0) is 14.0. The number of benzene rings is 1. The lowest BCUT2D eigenvalue weighted by atomic mass is 10.1. The van der Waals surface area contributed by atoms with E-state index in [2.05, 4.69) is 25.9 Å². The maximum Gasteiger partial charge on any atom is 0.196 e. The van der Waals surface area contributed by atoms with Crippen LogP contribution in [0.4, 0.5) is 11.6 Å². The highest BCUT2D eigenvalue weighted by Crippen LogP contribution is 2.33. The van der Waals surface area contributed by atoms with Crippen molar-refractivity contribution in [1.82, 2.24) is 9.97 Å². The van der Waals surface area contributed by atoms with Crippen molar-refractivity contribution in [3.63, 3.8) is 0 Å². The number of nitrogens with two attached hydrogens (primary N) is 2. The van der Waals surface area contributed by atoms with Gasteiger partial charge in [0.25, 0.3) is 0 Å². The summed E-state index contributed by atoms with van der Waals surface area (Å²) in [6.45, 7) is 1.72. The fourth-order valence-electron chi connectivity index (χ4n) is 1.47. The summed E-state index contributed by atoms with van der Waals surface area (Å²) in [6.07, 6.45) is -0.505. The lowest BCUT2D eigenvalue weighted by Crippen LogP contribution is -1.99. The van der Waals surface area contributed by atoms with Gasteiger partial charge in [-0.25, -0.2) is 9.97 Å². The van der Waals surface area contributed by atoms with Crippen molar-refractivity contribution in [3.05, 3.63) is 34.3 Å². The Morgan fingerprint density at radius 1 is 1.21 bits per heavy atom. The summed E-state index contributed by atoms with van der Waals surface area (Å²) in [6, 6.07) is 7.12. The molecule has 7 heteroatoms. The molecule has 0 fully saturated rings. The second-order valence-electron chi connectivity index (χ2n) is 3.97. The van der Waals surface area contributed by atoms with Crippen LogP contribution in [0.3, 0.4) is 0 Å². The fraction of sp³-hybridized carbons (Fsp3) is 0.167. The van der Waals surface area contributed by atoms with Gasteiger partial charge >= 0.3 is 0 Å². The van der Waals surface area contributed by atoms with E-state index in [-0.39, 0.29) is 0 Å². The molecule has 1 atom stereocenters. The highest BCUT2D eigenvalue weighted by atomic mass is 79.9. The Morgan fingerprint density at radius 2 is 1.84 bits per heavy atom. The summed E-state index contributed by atoms with van der Waals surface area (Å²) in [5, 5.41) is 10.0. The Bertz CT molecular complexity index is 586. The van der Waals surface area contributed by atoms with Crippen LogP contribution in [0.1, 0.15) is 18.6 Å². The molecule has 19 heavy (non-hydrogen) atoms. The van der Waals surface area contributed by atoms with Crippen molar-refractivity contribution in [1.29, 1.82) is 0 Å². The number of aliphatic hydroxyl groups excluding tert-OH is 1. The molecule has 0 aliphatic rings. The first-order valence-electron chi connectivity index (χ1n) is 5.51. The third kappa shape index (κ3) is 3.59. The van der Waals surface area contributed by atoms with Crippen LogP contribution in [-0.4, -0.2) is 15.1 Å². The summed E-state index contributed by atoms with van der Waals surface area (Å²) in [7, 11) is 0. The predicted molar refractivity (Wildman–Crippen MR) is 79.8 cm³/mol. The van der Waals surface area contributed by atoms with Gasteiger partial charge in [0.05, 0.1) is 6.10 Å². The summed E-state index contributed by atoms with van der Waals surface area (Å²) >= 11 is 4.81. The second kappa shape index (κ2) is 5.77. The van der Waals surface area contributed by atoms with Gasteiger partial charge in [-0.3, -0.25) is 0 Å². The number of anilines is 2. The SMILES string of the molecule is C[C@@H](O)c1ccc(Sc2nc(N)cc(N)n2)c(Br)c1. The first kappa shape index (κ1) is 14.1. The Hall–Kier alpha value is -1.31. The van der Waals surface area contributed by atoms with E-state index in [1.165, 1.54) is 17.8 Å². The zero-order valence-electron chi connectivity index (χ0n) is 10.2. The van der Waals surface area contributed by atoms with Gasteiger partial charge in [-0.1, -0.05) is 6.07 Å². The van der Waals surface area contributed by atoms with Gasteiger partial charge in [-0.2, -0.15) is 0 Å². The molecule has 0 amide bonds. The first-order chi connectivity index (χ1) is 8.95. The van der Waals surface area contributed by atoms with Gasteiger partial charge < -0.3 is 16.6 Å². The largest absolute Gasteiger partial charge is 0.389 e. The number of hydrogen-bond donors (Lipinski definition) is 3. The molecule has 1 aromatic heterocycles.